The molecule has 1 aliphatic heterocycles. The number of sulfonamides is 1. The molecular weight excluding hydrogens is 276 g/mol. The quantitative estimate of drug-likeness (QED) is 0.783. The normalized spacial score (nSPS) is 18.6. The van der Waals surface area contributed by atoms with Gasteiger partial charge in [-0.15, -0.1) is 0 Å². The van der Waals surface area contributed by atoms with Gasteiger partial charge in [0.05, 0.1) is 18.0 Å². The highest BCUT2D eigenvalue weighted by molar-refractivity contribution is 7.89. The van der Waals surface area contributed by atoms with Crippen LogP contribution in [0.1, 0.15) is 12.0 Å². The molecule has 0 amide bonds. The van der Waals surface area contributed by atoms with Gasteiger partial charge in [-0.2, -0.15) is 0 Å². The van der Waals surface area contributed by atoms with Crippen LogP contribution in [0.15, 0.2) is 29.2 Å². The second-order valence-corrected chi connectivity index (χ2v) is 6.32. The Bertz CT molecular complexity index is 611. The summed E-state index contributed by atoms with van der Waals surface area (Å²) in [5, 5.41) is 0. The molecule has 1 saturated heterocycles. The van der Waals surface area contributed by atoms with Crippen molar-refractivity contribution in [3.05, 3.63) is 29.8 Å². The third-order valence-electron chi connectivity index (χ3n) is 3.09. The van der Waals surface area contributed by atoms with E-state index in [0.29, 0.717) is 25.3 Å². The van der Waals surface area contributed by atoms with Gasteiger partial charge in [0.25, 0.3) is 0 Å². The number of ether oxygens (including phenoxy) is 1. The number of nitrogens with one attached hydrogen (secondary N) is 1. The first kappa shape index (κ1) is 15.0. The lowest BCUT2D eigenvalue weighted by Crippen LogP contribution is -2.30. The van der Waals surface area contributed by atoms with Crippen molar-refractivity contribution in [1.29, 1.82) is 0 Å². The fourth-order valence-corrected chi connectivity index (χ4v) is 3.28. The molecule has 20 heavy (non-hydrogen) atoms. The van der Waals surface area contributed by atoms with E-state index in [-0.39, 0.29) is 17.4 Å². The van der Waals surface area contributed by atoms with Crippen LogP contribution in [0.2, 0.25) is 0 Å². The Morgan fingerprint density at radius 3 is 2.90 bits per heavy atom. The Morgan fingerprint density at radius 1 is 1.40 bits per heavy atom. The zero-order valence-electron chi connectivity index (χ0n) is 11.1. The summed E-state index contributed by atoms with van der Waals surface area (Å²) < 4.78 is 32.5. The summed E-state index contributed by atoms with van der Waals surface area (Å²) in [5.74, 6) is 5.71. The van der Waals surface area contributed by atoms with Crippen molar-refractivity contribution in [3.63, 3.8) is 0 Å². The molecule has 1 fully saturated rings. The third kappa shape index (κ3) is 3.81. The van der Waals surface area contributed by atoms with Crippen LogP contribution < -0.4 is 10.5 Å². The van der Waals surface area contributed by atoms with E-state index in [2.05, 4.69) is 16.6 Å². The molecule has 1 atom stereocenters. The smallest absolute Gasteiger partial charge is 0.241 e. The highest BCUT2D eigenvalue weighted by Crippen LogP contribution is 2.16. The molecule has 1 aromatic rings. The van der Waals surface area contributed by atoms with E-state index in [1.807, 2.05) is 0 Å². The lowest BCUT2D eigenvalue weighted by Gasteiger charge is -2.11. The van der Waals surface area contributed by atoms with Gasteiger partial charge in [0.15, 0.2) is 0 Å². The zero-order valence-corrected chi connectivity index (χ0v) is 11.9. The molecule has 6 heteroatoms. The monoisotopic (exact) mass is 294 g/mol. The van der Waals surface area contributed by atoms with Crippen molar-refractivity contribution in [2.24, 2.45) is 11.7 Å². The second-order valence-electron chi connectivity index (χ2n) is 4.58. The van der Waals surface area contributed by atoms with Crippen molar-refractivity contribution in [2.75, 3.05) is 26.3 Å². The van der Waals surface area contributed by atoms with Gasteiger partial charge in [0.1, 0.15) is 0 Å². The predicted octanol–water partition coefficient (Wildman–Crippen LogP) is 0.312. The fourth-order valence-electron chi connectivity index (χ4n) is 2.00. The van der Waals surface area contributed by atoms with E-state index in [1.165, 1.54) is 0 Å². The summed E-state index contributed by atoms with van der Waals surface area (Å²) in [6.45, 7) is 1.89. The van der Waals surface area contributed by atoms with Crippen LogP contribution in [-0.2, 0) is 14.8 Å². The zero-order chi connectivity index (χ0) is 14.4. The molecule has 0 saturated carbocycles. The van der Waals surface area contributed by atoms with Gasteiger partial charge in [-0.05, 0) is 24.5 Å². The third-order valence-corrected chi connectivity index (χ3v) is 4.57. The Balaban J connectivity index is 2.16. The molecular formula is C14H18N2O3S. The highest BCUT2D eigenvalue weighted by Gasteiger charge is 2.21. The average molecular weight is 294 g/mol. The molecule has 0 bridgehead atoms. The summed E-state index contributed by atoms with van der Waals surface area (Å²) in [6, 6.07) is 6.66. The molecule has 0 aromatic heterocycles. The van der Waals surface area contributed by atoms with Gasteiger partial charge in [0, 0.05) is 18.7 Å². The highest BCUT2D eigenvalue weighted by atomic mass is 32.2. The van der Waals surface area contributed by atoms with Gasteiger partial charge in [-0.1, -0.05) is 24.0 Å². The van der Waals surface area contributed by atoms with Crippen LogP contribution in [0.4, 0.5) is 0 Å². The first-order valence-electron chi connectivity index (χ1n) is 6.49. The average Bonchev–Trinajstić information content (AvgIpc) is 2.97. The standard InChI is InChI=1S/C14H18N2O3S/c15-8-3-5-13-4-1-2-6-14(13)20(17,18)16-10-12-7-9-19-11-12/h1-2,4,6,12,16H,7-11,15H2. The van der Waals surface area contributed by atoms with E-state index in [1.54, 1.807) is 24.3 Å². The molecule has 108 valence electrons. The summed E-state index contributed by atoms with van der Waals surface area (Å²) in [7, 11) is -3.56. The molecule has 3 N–H and O–H groups in total. The van der Waals surface area contributed by atoms with E-state index < -0.39 is 10.0 Å². The number of hydrogen-bond acceptors (Lipinski definition) is 4. The van der Waals surface area contributed by atoms with E-state index in [9.17, 15) is 8.42 Å². The van der Waals surface area contributed by atoms with Gasteiger partial charge < -0.3 is 10.5 Å². The van der Waals surface area contributed by atoms with Crippen molar-refractivity contribution >= 4 is 10.0 Å². The maximum atomic E-state index is 12.3. The lowest BCUT2D eigenvalue weighted by atomic mass is 10.1. The Hall–Kier alpha value is -1.39. The molecule has 0 aliphatic carbocycles. The van der Waals surface area contributed by atoms with E-state index in [4.69, 9.17) is 10.5 Å². The molecule has 0 radical (unpaired) electrons. The summed E-state index contributed by atoms with van der Waals surface area (Å²) in [5.41, 5.74) is 5.79. The second kappa shape index (κ2) is 6.86. The van der Waals surface area contributed by atoms with Gasteiger partial charge in [0.2, 0.25) is 10.0 Å². The Morgan fingerprint density at radius 2 is 2.20 bits per heavy atom. The first-order chi connectivity index (χ1) is 9.63. The molecule has 1 aliphatic rings. The number of benzene rings is 1. The maximum absolute atomic E-state index is 12.3. The SMILES string of the molecule is NCC#Cc1ccccc1S(=O)(=O)NCC1CCOC1. The molecule has 1 aromatic carbocycles. The number of nitrogens with two attached hydrogens (primary N) is 1. The molecule has 0 spiro atoms. The topological polar surface area (TPSA) is 81.4 Å². The maximum Gasteiger partial charge on any atom is 0.241 e. The minimum absolute atomic E-state index is 0.194. The lowest BCUT2D eigenvalue weighted by molar-refractivity contribution is 0.186. The molecule has 1 heterocycles. The summed E-state index contributed by atoms with van der Waals surface area (Å²) in [4.78, 5) is 0.194. The van der Waals surface area contributed by atoms with E-state index >= 15 is 0 Å². The van der Waals surface area contributed by atoms with Crippen LogP contribution in [-0.4, -0.2) is 34.7 Å². The number of rotatable bonds is 4. The summed E-state index contributed by atoms with van der Waals surface area (Å²) in [6.07, 6.45) is 0.886. The van der Waals surface area contributed by atoms with Gasteiger partial charge in [-0.25, -0.2) is 13.1 Å². The minimum atomic E-state index is -3.56. The first-order valence-corrected chi connectivity index (χ1v) is 7.97. The van der Waals surface area contributed by atoms with Crippen molar-refractivity contribution < 1.29 is 13.2 Å². The van der Waals surface area contributed by atoms with E-state index in [0.717, 1.165) is 6.42 Å². The minimum Gasteiger partial charge on any atom is -0.381 e. The largest absolute Gasteiger partial charge is 0.381 e. The van der Waals surface area contributed by atoms with Crippen LogP contribution in [0.25, 0.3) is 0 Å². The number of hydrogen-bond donors (Lipinski definition) is 2. The predicted molar refractivity (Wildman–Crippen MR) is 76.5 cm³/mol. The van der Waals surface area contributed by atoms with Crippen molar-refractivity contribution in [3.8, 4) is 11.8 Å². The molecule has 5 nitrogen and oxygen atoms in total. The van der Waals surface area contributed by atoms with Crippen LogP contribution in [0, 0.1) is 17.8 Å². The van der Waals surface area contributed by atoms with Crippen LogP contribution >= 0.6 is 0 Å². The van der Waals surface area contributed by atoms with Crippen molar-refractivity contribution in [2.45, 2.75) is 11.3 Å². The van der Waals surface area contributed by atoms with Gasteiger partial charge >= 0.3 is 0 Å². The van der Waals surface area contributed by atoms with Crippen LogP contribution in [0.3, 0.4) is 0 Å². The fraction of sp³-hybridized carbons (Fsp3) is 0.429. The van der Waals surface area contributed by atoms with Crippen molar-refractivity contribution in [1.82, 2.24) is 4.72 Å². The summed E-state index contributed by atoms with van der Waals surface area (Å²) >= 11 is 0. The Kier molecular flexibility index (Phi) is 5.15. The van der Waals surface area contributed by atoms with Gasteiger partial charge in [-0.3, -0.25) is 0 Å². The Labute approximate surface area is 119 Å². The van der Waals surface area contributed by atoms with Crippen LogP contribution in [0.5, 0.6) is 0 Å². The molecule has 1 unspecified atom stereocenters. The molecule has 2 rings (SSSR count).